The lowest BCUT2D eigenvalue weighted by molar-refractivity contribution is 0.217. The fourth-order valence-corrected chi connectivity index (χ4v) is 2.91. The fourth-order valence-electron chi connectivity index (χ4n) is 2.28. The SMILES string of the molecule is CCCc1cccc(C(O)c2ccccc2SC)c1. The Morgan fingerprint density at radius 1 is 1.11 bits per heavy atom. The summed E-state index contributed by atoms with van der Waals surface area (Å²) in [5.41, 5.74) is 3.26. The minimum atomic E-state index is -0.541. The van der Waals surface area contributed by atoms with Crippen molar-refractivity contribution in [2.75, 3.05) is 6.26 Å². The third-order valence-corrected chi connectivity index (χ3v) is 4.05. The number of hydrogen-bond acceptors (Lipinski definition) is 2. The van der Waals surface area contributed by atoms with Crippen molar-refractivity contribution in [1.29, 1.82) is 0 Å². The summed E-state index contributed by atoms with van der Waals surface area (Å²) in [6.07, 6.45) is 3.69. The highest BCUT2D eigenvalue weighted by molar-refractivity contribution is 7.98. The maximum absolute atomic E-state index is 10.6. The molecule has 1 nitrogen and oxygen atoms in total. The Morgan fingerprint density at radius 2 is 1.89 bits per heavy atom. The second-order valence-corrected chi connectivity index (χ2v) is 5.49. The van der Waals surface area contributed by atoms with Crippen molar-refractivity contribution >= 4 is 11.8 Å². The molecule has 0 aliphatic heterocycles. The molecule has 0 heterocycles. The van der Waals surface area contributed by atoms with Crippen LogP contribution in [0.3, 0.4) is 0 Å². The van der Waals surface area contributed by atoms with E-state index in [1.807, 2.05) is 36.6 Å². The normalized spacial score (nSPS) is 12.4. The van der Waals surface area contributed by atoms with E-state index in [0.29, 0.717) is 0 Å². The number of rotatable bonds is 5. The summed E-state index contributed by atoms with van der Waals surface area (Å²) in [4.78, 5) is 1.14. The number of aliphatic hydroxyl groups is 1. The van der Waals surface area contributed by atoms with Crippen LogP contribution in [0.1, 0.15) is 36.1 Å². The van der Waals surface area contributed by atoms with Gasteiger partial charge in [-0.25, -0.2) is 0 Å². The summed E-state index contributed by atoms with van der Waals surface area (Å²) in [6.45, 7) is 2.17. The van der Waals surface area contributed by atoms with E-state index in [1.54, 1.807) is 11.8 Å². The number of thioether (sulfide) groups is 1. The van der Waals surface area contributed by atoms with Crippen molar-refractivity contribution in [2.24, 2.45) is 0 Å². The Bertz CT molecular complexity index is 536. The Morgan fingerprint density at radius 3 is 2.63 bits per heavy atom. The quantitative estimate of drug-likeness (QED) is 0.812. The van der Waals surface area contributed by atoms with Crippen LogP contribution in [0.2, 0.25) is 0 Å². The van der Waals surface area contributed by atoms with E-state index in [2.05, 4.69) is 25.1 Å². The molecule has 1 unspecified atom stereocenters. The van der Waals surface area contributed by atoms with Gasteiger partial charge in [0.1, 0.15) is 6.10 Å². The second kappa shape index (κ2) is 6.78. The van der Waals surface area contributed by atoms with Crippen molar-refractivity contribution in [3.63, 3.8) is 0 Å². The molecule has 1 atom stereocenters. The van der Waals surface area contributed by atoms with E-state index >= 15 is 0 Å². The molecule has 0 bridgehead atoms. The molecule has 0 radical (unpaired) electrons. The topological polar surface area (TPSA) is 20.2 Å². The van der Waals surface area contributed by atoms with Crippen molar-refractivity contribution in [3.8, 4) is 0 Å². The van der Waals surface area contributed by atoms with Crippen molar-refractivity contribution in [3.05, 3.63) is 65.2 Å². The van der Waals surface area contributed by atoms with Gasteiger partial charge in [0.25, 0.3) is 0 Å². The lowest BCUT2D eigenvalue weighted by Gasteiger charge is -2.15. The molecular formula is C17H20OS. The third-order valence-electron chi connectivity index (χ3n) is 3.24. The van der Waals surface area contributed by atoms with Crippen LogP contribution in [0, 0.1) is 0 Å². The van der Waals surface area contributed by atoms with Gasteiger partial charge in [-0.3, -0.25) is 0 Å². The average Bonchev–Trinajstić information content (AvgIpc) is 2.47. The third kappa shape index (κ3) is 3.40. The van der Waals surface area contributed by atoms with Gasteiger partial charge in [0.05, 0.1) is 0 Å². The highest BCUT2D eigenvalue weighted by Crippen LogP contribution is 2.30. The van der Waals surface area contributed by atoms with Crippen LogP contribution >= 0.6 is 11.8 Å². The zero-order chi connectivity index (χ0) is 13.7. The molecule has 0 aliphatic rings. The minimum absolute atomic E-state index is 0.541. The number of benzene rings is 2. The Kier molecular flexibility index (Phi) is 5.06. The summed E-state index contributed by atoms with van der Waals surface area (Å²) >= 11 is 1.67. The fraction of sp³-hybridized carbons (Fsp3) is 0.294. The van der Waals surface area contributed by atoms with Gasteiger partial charge in [0.2, 0.25) is 0 Å². The first kappa shape index (κ1) is 14.2. The first-order valence-corrected chi connectivity index (χ1v) is 7.88. The van der Waals surface area contributed by atoms with Gasteiger partial charge in [-0.2, -0.15) is 0 Å². The molecule has 100 valence electrons. The van der Waals surface area contributed by atoms with Crippen LogP contribution < -0.4 is 0 Å². The molecule has 2 aromatic rings. The Labute approximate surface area is 119 Å². The summed E-state index contributed by atoms with van der Waals surface area (Å²) in [5, 5.41) is 10.6. The molecule has 0 fully saturated rings. The van der Waals surface area contributed by atoms with Crippen LogP contribution in [0.4, 0.5) is 0 Å². The monoisotopic (exact) mass is 272 g/mol. The highest BCUT2D eigenvalue weighted by atomic mass is 32.2. The second-order valence-electron chi connectivity index (χ2n) is 4.64. The van der Waals surface area contributed by atoms with Gasteiger partial charge >= 0.3 is 0 Å². The molecule has 0 saturated carbocycles. The first-order chi connectivity index (χ1) is 9.26. The molecule has 1 N–H and O–H groups in total. The van der Waals surface area contributed by atoms with Gasteiger partial charge in [0, 0.05) is 4.90 Å². The average molecular weight is 272 g/mol. The molecule has 0 saturated heterocycles. The number of hydrogen-bond donors (Lipinski definition) is 1. The smallest absolute Gasteiger partial charge is 0.105 e. The molecule has 2 aromatic carbocycles. The standard InChI is InChI=1S/C17H20OS/c1-3-7-13-8-6-9-14(12-13)17(18)15-10-4-5-11-16(15)19-2/h4-6,8-12,17-18H,3,7H2,1-2H3. The van der Waals surface area contributed by atoms with Crippen molar-refractivity contribution in [2.45, 2.75) is 30.8 Å². The van der Waals surface area contributed by atoms with Gasteiger partial charge in [-0.05, 0) is 35.4 Å². The van der Waals surface area contributed by atoms with E-state index in [0.717, 1.165) is 28.9 Å². The zero-order valence-electron chi connectivity index (χ0n) is 11.5. The van der Waals surface area contributed by atoms with E-state index in [-0.39, 0.29) is 0 Å². The molecule has 0 amide bonds. The van der Waals surface area contributed by atoms with E-state index in [9.17, 15) is 5.11 Å². The van der Waals surface area contributed by atoms with Crippen LogP contribution in [-0.4, -0.2) is 11.4 Å². The summed E-state index contributed by atoms with van der Waals surface area (Å²) in [7, 11) is 0. The van der Waals surface area contributed by atoms with Crippen LogP contribution in [0.5, 0.6) is 0 Å². The Hall–Kier alpha value is -1.25. The molecule has 19 heavy (non-hydrogen) atoms. The molecule has 0 spiro atoms. The van der Waals surface area contributed by atoms with Crippen molar-refractivity contribution < 1.29 is 5.11 Å². The van der Waals surface area contributed by atoms with Gasteiger partial charge < -0.3 is 5.11 Å². The van der Waals surface area contributed by atoms with Crippen LogP contribution in [-0.2, 0) is 6.42 Å². The number of aliphatic hydroxyl groups excluding tert-OH is 1. The molecule has 0 aliphatic carbocycles. The van der Waals surface area contributed by atoms with Gasteiger partial charge in [-0.1, -0.05) is 55.8 Å². The lowest BCUT2D eigenvalue weighted by atomic mass is 9.98. The first-order valence-electron chi connectivity index (χ1n) is 6.66. The zero-order valence-corrected chi connectivity index (χ0v) is 12.3. The largest absolute Gasteiger partial charge is 0.384 e. The number of aryl methyl sites for hydroxylation is 1. The Balaban J connectivity index is 2.32. The predicted molar refractivity (Wildman–Crippen MR) is 82.7 cm³/mol. The van der Waals surface area contributed by atoms with E-state index in [1.165, 1.54) is 5.56 Å². The molecular weight excluding hydrogens is 252 g/mol. The molecule has 2 heteroatoms. The van der Waals surface area contributed by atoms with Crippen molar-refractivity contribution in [1.82, 2.24) is 0 Å². The summed E-state index contributed by atoms with van der Waals surface area (Å²) in [6, 6.07) is 16.3. The van der Waals surface area contributed by atoms with Crippen LogP contribution in [0.15, 0.2) is 53.4 Å². The molecule has 0 aromatic heterocycles. The maximum atomic E-state index is 10.6. The lowest BCUT2D eigenvalue weighted by Crippen LogP contribution is -2.02. The highest BCUT2D eigenvalue weighted by Gasteiger charge is 2.14. The van der Waals surface area contributed by atoms with E-state index < -0.39 is 6.10 Å². The predicted octanol–water partition coefficient (Wildman–Crippen LogP) is 4.44. The van der Waals surface area contributed by atoms with Gasteiger partial charge in [-0.15, -0.1) is 11.8 Å². The van der Waals surface area contributed by atoms with Crippen LogP contribution in [0.25, 0.3) is 0 Å². The van der Waals surface area contributed by atoms with Gasteiger partial charge in [0.15, 0.2) is 0 Å². The summed E-state index contributed by atoms with van der Waals surface area (Å²) in [5.74, 6) is 0. The minimum Gasteiger partial charge on any atom is -0.384 e. The van der Waals surface area contributed by atoms with E-state index in [4.69, 9.17) is 0 Å². The summed E-state index contributed by atoms with van der Waals surface area (Å²) < 4.78 is 0. The maximum Gasteiger partial charge on any atom is 0.105 e. The molecule has 2 rings (SSSR count).